The molecule has 0 atom stereocenters. The van der Waals surface area contributed by atoms with Crippen LogP contribution in [0.5, 0.6) is 17.2 Å². The van der Waals surface area contributed by atoms with Crippen molar-refractivity contribution in [2.75, 3.05) is 6.54 Å². The Hall–Kier alpha value is -1.32. The highest BCUT2D eigenvalue weighted by molar-refractivity contribution is 14.1. The van der Waals surface area contributed by atoms with Gasteiger partial charge in [0.05, 0.1) is 7.14 Å². The van der Waals surface area contributed by atoms with Crippen LogP contribution < -0.4 is 10.1 Å². The normalized spacial score (nSPS) is 11.1. The van der Waals surface area contributed by atoms with E-state index in [-0.39, 0.29) is 5.92 Å². The minimum absolute atomic E-state index is 0.238. The molecule has 5 heteroatoms. The zero-order valence-electron chi connectivity index (χ0n) is 16.6. The number of benzene rings is 3. The molecule has 3 aromatic rings. The standard InChI is InChI=1S/C24H25I2NO2/c1-16(2)20-14-19(8-9-23(20)28)29-24-21(25)12-18(13-22(24)26)10-11-27-15-17-6-4-3-5-7-17/h3-9,12-14,16,27-28H,10-11,15H2,1-2H3. The zero-order valence-corrected chi connectivity index (χ0v) is 20.9. The Balaban J connectivity index is 1.64. The van der Waals surface area contributed by atoms with Gasteiger partial charge in [-0.2, -0.15) is 0 Å². The molecule has 2 N–H and O–H groups in total. The van der Waals surface area contributed by atoms with Crippen molar-refractivity contribution < 1.29 is 9.84 Å². The third-order valence-corrected chi connectivity index (χ3v) is 6.26. The van der Waals surface area contributed by atoms with Crippen molar-refractivity contribution in [3.8, 4) is 17.2 Å². The summed E-state index contributed by atoms with van der Waals surface area (Å²) in [6.45, 7) is 5.94. The van der Waals surface area contributed by atoms with Crippen molar-refractivity contribution in [3.05, 3.63) is 84.5 Å². The van der Waals surface area contributed by atoms with Gasteiger partial charge in [0, 0.05) is 12.1 Å². The summed E-state index contributed by atoms with van der Waals surface area (Å²) >= 11 is 4.68. The minimum Gasteiger partial charge on any atom is -0.508 e. The van der Waals surface area contributed by atoms with Crippen LogP contribution in [0.25, 0.3) is 0 Å². The van der Waals surface area contributed by atoms with Crippen molar-refractivity contribution in [2.45, 2.75) is 32.7 Å². The van der Waals surface area contributed by atoms with E-state index >= 15 is 0 Å². The van der Waals surface area contributed by atoms with Crippen LogP contribution in [0.4, 0.5) is 0 Å². The lowest BCUT2D eigenvalue weighted by molar-refractivity contribution is 0.452. The van der Waals surface area contributed by atoms with E-state index in [0.717, 1.165) is 43.7 Å². The van der Waals surface area contributed by atoms with Gasteiger partial charge in [0.2, 0.25) is 0 Å². The molecule has 0 aromatic heterocycles. The van der Waals surface area contributed by atoms with Crippen LogP contribution in [-0.4, -0.2) is 11.7 Å². The van der Waals surface area contributed by atoms with Gasteiger partial charge >= 0.3 is 0 Å². The summed E-state index contributed by atoms with van der Waals surface area (Å²) in [6, 6.07) is 20.3. The van der Waals surface area contributed by atoms with Gasteiger partial charge in [0.1, 0.15) is 11.5 Å². The van der Waals surface area contributed by atoms with Gasteiger partial charge in [-0.25, -0.2) is 0 Å². The van der Waals surface area contributed by atoms with Crippen LogP contribution in [0.1, 0.15) is 36.5 Å². The second-order valence-corrected chi connectivity index (χ2v) is 9.60. The van der Waals surface area contributed by atoms with E-state index in [1.807, 2.05) is 18.2 Å². The van der Waals surface area contributed by atoms with Gasteiger partial charge in [-0.3, -0.25) is 0 Å². The number of nitrogens with one attached hydrogen (secondary N) is 1. The maximum Gasteiger partial charge on any atom is 0.154 e. The van der Waals surface area contributed by atoms with E-state index in [1.165, 1.54) is 11.1 Å². The third-order valence-electron chi connectivity index (χ3n) is 4.66. The summed E-state index contributed by atoms with van der Waals surface area (Å²) in [5.41, 5.74) is 3.49. The van der Waals surface area contributed by atoms with Crippen LogP contribution in [0.2, 0.25) is 0 Å². The second-order valence-electron chi connectivity index (χ2n) is 7.28. The molecule has 0 unspecified atom stereocenters. The molecule has 0 radical (unpaired) electrons. The first-order valence-electron chi connectivity index (χ1n) is 9.67. The lowest BCUT2D eigenvalue weighted by Gasteiger charge is -2.15. The van der Waals surface area contributed by atoms with E-state index in [2.05, 4.69) is 101 Å². The van der Waals surface area contributed by atoms with E-state index in [9.17, 15) is 5.11 Å². The Morgan fingerprint density at radius 2 is 1.62 bits per heavy atom. The highest BCUT2D eigenvalue weighted by Gasteiger charge is 2.13. The summed E-state index contributed by atoms with van der Waals surface area (Å²) in [5, 5.41) is 13.5. The molecule has 3 rings (SSSR count). The number of hydrogen-bond acceptors (Lipinski definition) is 3. The average Bonchev–Trinajstić information content (AvgIpc) is 2.70. The topological polar surface area (TPSA) is 41.5 Å². The molecule has 0 saturated carbocycles. The Morgan fingerprint density at radius 1 is 0.931 bits per heavy atom. The number of rotatable bonds is 8. The molecule has 3 aromatic carbocycles. The highest BCUT2D eigenvalue weighted by Crippen LogP contribution is 2.36. The smallest absolute Gasteiger partial charge is 0.154 e. The van der Waals surface area contributed by atoms with Crippen molar-refractivity contribution in [3.63, 3.8) is 0 Å². The van der Waals surface area contributed by atoms with Gasteiger partial charge in [0.25, 0.3) is 0 Å². The number of ether oxygens (including phenoxy) is 1. The second kappa shape index (κ2) is 10.6. The van der Waals surface area contributed by atoms with Crippen LogP contribution in [-0.2, 0) is 13.0 Å². The van der Waals surface area contributed by atoms with Crippen LogP contribution in [0, 0.1) is 7.14 Å². The molecule has 0 spiro atoms. The van der Waals surface area contributed by atoms with Gasteiger partial charge in [0.15, 0.2) is 5.75 Å². The highest BCUT2D eigenvalue weighted by atomic mass is 127. The Morgan fingerprint density at radius 3 is 2.28 bits per heavy atom. The largest absolute Gasteiger partial charge is 0.508 e. The first-order chi connectivity index (χ1) is 13.9. The summed E-state index contributed by atoms with van der Waals surface area (Å²) in [4.78, 5) is 0. The Bertz CT molecular complexity index is 935. The predicted molar refractivity (Wildman–Crippen MR) is 136 cm³/mol. The third kappa shape index (κ3) is 6.33. The quantitative estimate of drug-likeness (QED) is 0.216. The molecule has 0 aliphatic rings. The molecule has 29 heavy (non-hydrogen) atoms. The number of phenols is 1. The van der Waals surface area contributed by atoms with Crippen molar-refractivity contribution in [2.24, 2.45) is 0 Å². The first kappa shape index (κ1) is 22.4. The molecule has 0 aliphatic carbocycles. The predicted octanol–water partition coefficient (Wildman–Crippen LogP) is 6.85. The van der Waals surface area contributed by atoms with Crippen LogP contribution in [0.3, 0.4) is 0 Å². The summed E-state index contributed by atoms with van der Waals surface area (Å²) in [6.07, 6.45) is 0.968. The average molecular weight is 613 g/mol. The maximum atomic E-state index is 10.0. The van der Waals surface area contributed by atoms with Gasteiger partial charge < -0.3 is 15.2 Å². The molecule has 0 bridgehead atoms. The van der Waals surface area contributed by atoms with Crippen molar-refractivity contribution in [1.29, 1.82) is 0 Å². The van der Waals surface area contributed by atoms with Crippen molar-refractivity contribution in [1.82, 2.24) is 5.32 Å². The molecule has 0 amide bonds. The lowest BCUT2D eigenvalue weighted by Crippen LogP contribution is -2.16. The number of hydrogen-bond donors (Lipinski definition) is 2. The molecule has 152 valence electrons. The summed E-state index contributed by atoms with van der Waals surface area (Å²) < 4.78 is 8.36. The SMILES string of the molecule is CC(C)c1cc(Oc2c(I)cc(CCNCc3ccccc3)cc2I)ccc1O. The fourth-order valence-corrected chi connectivity index (χ4v) is 5.21. The fraction of sp³-hybridized carbons (Fsp3) is 0.250. The maximum absolute atomic E-state index is 10.0. The van der Waals surface area contributed by atoms with Crippen molar-refractivity contribution >= 4 is 45.2 Å². The fourth-order valence-electron chi connectivity index (χ4n) is 3.09. The van der Waals surface area contributed by atoms with E-state index in [0.29, 0.717) is 5.75 Å². The zero-order chi connectivity index (χ0) is 20.8. The molecule has 3 nitrogen and oxygen atoms in total. The molecule has 0 heterocycles. The van der Waals surface area contributed by atoms with Crippen LogP contribution >= 0.6 is 45.2 Å². The first-order valence-corrected chi connectivity index (χ1v) is 11.8. The van der Waals surface area contributed by atoms with Gasteiger partial charge in [-0.05, 0) is 106 Å². The summed E-state index contributed by atoms with van der Waals surface area (Å²) in [5.74, 6) is 2.17. The van der Waals surface area contributed by atoms with Crippen LogP contribution in [0.15, 0.2) is 60.7 Å². The Labute approximate surface area is 200 Å². The van der Waals surface area contributed by atoms with E-state index < -0.39 is 0 Å². The minimum atomic E-state index is 0.238. The molecule has 0 aliphatic heterocycles. The Kier molecular flexibility index (Phi) is 8.20. The van der Waals surface area contributed by atoms with E-state index in [4.69, 9.17) is 4.74 Å². The summed E-state index contributed by atoms with van der Waals surface area (Å²) in [7, 11) is 0. The molecular formula is C24H25I2NO2. The molecular weight excluding hydrogens is 588 g/mol. The van der Waals surface area contributed by atoms with Gasteiger partial charge in [-0.15, -0.1) is 0 Å². The monoisotopic (exact) mass is 613 g/mol. The number of phenolic OH excluding ortho intramolecular Hbond substituents is 1. The van der Waals surface area contributed by atoms with E-state index in [1.54, 1.807) is 6.07 Å². The lowest BCUT2D eigenvalue weighted by atomic mass is 10.0. The number of halogens is 2. The van der Waals surface area contributed by atoms with Gasteiger partial charge in [-0.1, -0.05) is 44.2 Å². The molecule has 0 saturated heterocycles. The number of aromatic hydroxyl groups is 1. The molecule has 0 fully saturated rings.